The number of H-pyrrole nitrogens is 2. The van der Waals surface area contributed by atoms with Gasteiger partial charge in [0.1, 0.15) is 5.69 Å². The monoisotopic (exact) mass is 411 g/mol. The van der Waals surface area contributed by atoms with Gasteiger partial charge in [0.15, 0.2) is 5.82 Å². The molecule has 0 spiro atoms. The van der Waals surface area contributed by atoms with Crippen LogP contribution in [0, 0.1) is 5.41 Å². The minimum Gasteiger partial charge on any atom is -0.337 e. The molecule has 154 valence electrons. The van der Waals surface area contributed by atoms with Crippen LogP contribution in [-0.4, -0.2) is 36.0 Å². The molecule has 0 atom stereocenters. The number of para-hydroxylation sites is 2. The number of anilines is 1. The first-order chi connectivity index (χ1) is 14.9. The molecule has 0 radical (unpaired) electrons. The third-order valence-corrected chi connectivity index (χ3v) is 5.03. The van der Waals surface area contributed by atoms with Gasteiger partial charge in [-0.1, -0.05) is 32.9 Å². The molecule has 4 heterocycles. The Morgan fingerprint density at radius 2 is 1.87 bits per heavy atom. The third-order valence-electron chi connectivity index (χ3n) is 5.03. The molecule has 0 aliphatic carbocycles. The molecule has 0 aliphatic rings. The van der Waals surface area contributed by atoms with E-state index in [-0.39, 0.29) is 5.91 Å². The van der Waals surface area contributed by atoms with Crippen molar-refractivity contribution < 1.29 is 4.79 Å². The fourth-order valence-corrected chi connectivity index (χ4v) is 3.29. The smallest absolute Gasteiger partial charge is 0.229 e. The van der Waals surface area contributed by atoms with Crippen LogP contribution in [0.15, 0.2) is 55.0 Å². The molecule has 8 heteroatoms. The van der Waals surface area contributed by atoms with Crippen LogP contribution in [0.4, 0.5) is 5.69 Å². The predicted molar refractivity (Wildman–Crippen MR) is 120 cm³/mol. The lowest BCUT2D eigenvalue weighted by atomic mass is 9.95. The van der Waals surface area contributed by atoms with Crippen LogP contribution in [0.2, 0.25) is 0 Å². The Morgan fingerprint density at radius 1 is 1.03 bits per heavy atom. The van der Waals surface area contributed by atoms with E-state index >= 15 is 0 Å². The van der Waals surface area contributed by atoms with Gasteiger partial charge < -0.3 is 10.3 Å². The van der Waals surface area contributed by atoms with E-state index in [9.17, 15) is 4.79 Å². The maximum atomic E-state index is 12.3. The normalized spacial score (nSPS) is 11.8. The van der Waals surface area contributed by atoms with Gasteiger partial charge in [-0.15, -0.1) is 0 Å². The fraction of sp³-hybridized carbons (Fsp3) is 0.174. The van der Waals surface area contributed by atoms with Gasteiger partial charge in [-0.25, -0.2) is 4.98 Å². The van der Waals surface area contributed by atoms with Gasteiger partial charge in [0.25, 0.3) is 0 Å². The molecule has 0 fully saturated rings. The number of fused-ring (bicyclic) bond motifs is 2. The van der Waals surface area contributed by atoms with Crippen molar-refractivity contribution >= 4 is 33.5 Å². The number of aromatic amines is 2. The molecule has 0 aliphatic heterocycles. The van der Waals surface area contributed by atoms with Crippen LogP contribution in [0.25, 0.3) is 44.7 Å². The van der Waals surface area contributed by atoms with Crippen molar-refractivity contribution in [2.45, 2.75) is 20.8 Å². The van der Waals surface area contributed by atoms with Crippen molar-refractivity contribution in [2.75, 3.05) is 5.32 Å². The molecule has 5 aromatic rings. The summed E-state index contributed by atoms with van der Waals surface area (Å²) in [5.41, 5.74) is 5.03. The topological polar surface area (TPSA) is 112 Å². The standard InChI is InChI=1S/C23H21N7O/c1-23(2,3)22(31)26-14-8-13(10-24-11-14)18-9-15-19(12-25-18)29-30-20(15)21-27-16-6-4-5-7-17(16)28-21/h4-12H,1-3H3,(H,26,31)(H,27,28)(H,29,30). The summed E-state index contributed by atoms with van der Waals surface area (Å²) in [5, 5.41) is 11.3. The number of nitrogens with one attached hydrogen (secondary N) is 3. The van der Waals surface area contributed by atoms with Crippen LogP contribution in [0.1, 0.15) is 20.8 Å². The molecule has 0 bridgehead atoms. The minimum atomic E-state index is -0.495. The molecule has 8 nitrogen and oxygen atoms in total. The lowest BCUT2D eigenvalue weighted by Gasteiger charge is -2.17. The van der Waals surface area contributed by atoms with Gasteiger partial charge in [-0.2, -0.15) is 5.10 Å². The second-order valence-electron chi connectivity index (χ2n) is 8.46. The zero-order valence-electron chi connectivity index (χ0n) is 17.4. The molecule has 1 amide bonds. The second-order valence-corrected chi connectivity index (χ2v) is 8.46. The summed E-state index contributed by atoms with van der Waals surface area (Å²) in [6.07, 6.45) is 5.09. The Labute approximate surface area is 178 Å². The van der Waals surface area contributed by atoms with Crippen LogP contribution in [-0.2, 0) is 4.79 Å². The largest absolute Gasteiger partial charge is 0.337 e. The van der Waals surface area contributed by atoms with Crippen molar-refractivity contribution in [3.05, 3.63) is 55.0 Å². The Kier molecular flexibility index (Phi) is 4.28. The Bertz CT molecular complexity index is 1390. The summed E-state index contributed by atoms with van der Waals surface area (Å²) in [6.45, 7) is 5.61. The summed E-state index contributed by atoms with van der Waals surface area (Å²) in [4.78, 5) is 29.1. The second kappa shape index (κ2) is 7.02. The SMILES string of the molecule is CC(C)(C)C(=O)Nc1cncc(-c2cc3c(-c4nc5ccccc5[nH]4)n[nH]c3cn2)c1. The van der Waals surface area contributed by atoms with Crippen molar-refractivity contribution in [3.8, 4) is 22.8 Å². The number of carbonyl (C=O) groups is 1. The van der Waals surface area contributed by atoms with Gasteiger partial charge in [-0.05, 0) is 24.3 Å². The zero-order valence-corrected chi connectivity index (χ0v) is 17.4. The van der Waals surface area contributed by atoms with Crippen LogP contribution >= 0.6 is 0 Å². The van der Waals surface area contributed by atoms with E-state index < -0.39 is 5.41 Å². The molecule has 0 saturated carbocycles. The van der Waals surface area contributed by atoms with Gasteiger partial charge in [0.2, 0.25) is 5.91 Å². The maximum Gasteiger partial charge on any atom is 0.229 e. The van der Waals surface area contributed by atoms with Crippen LogP contribution in [0.3, 0.4) is 0 Å². The summed E-state index contributed by atoms with van der Waals surface area (Å²) in [5.74, 6) is 0.616. The Morgan fingerprint density at radius 3 is 2.68 bits per heavy atom. The Balaban J connectivity index is 1.54. The fourth-order valence-electron chi connectivity index (χ4n) is 3.29. The highest BCUT2D eigenvalue weighted by Gasteiger charge is 2.21. The van der Waals surface area contributed by atoms with Crippen molar-refractivity contribution in [3.63, 3.8) is 0 Å². The average Bonchev–Trinajstić information content (AvgIpc) is 3.36. The van der Waals surface area contributed by atoms with Crippen molar-refractivity contribution in [1.29, 1.82) is 0 Å². The summed E-state index contributed by atoms with van der Waals surface area (Å²) >= 11 is 0. The van der Waals surface area contributed by atoms with Gasteiger partial charge >= 0.3 is 0 Å². The third kappa shape index (κ3) is 3.52. The van der Waals surface area contributed by atoms with E-state index in [4.69, 9.17) is 0 Å². The van der Waals surface area contributed by atoms with E-state index in [1.54, 1.807) is 18.6 Å². The molecule has 4 aromatic heterocycles. The van der Waals surface area contributed by atoms with E-state index in [0.717, 1.165) is 38.9 Å². The number of amides is 1. The first-order valence-corrected chi connectivity index (χ1v) is 9.94. The van der Waals surface area contributed by atoms with E-state index in [1.807, 2.05) is 57.2 Å². The highest BCUT2D eigenvalue weighted by Crippen LogP contribution is 2.29. The average molecular weight is 411 g/mol. The molecule has 3 N–H and O–H groups in total. The number of rotatable bonds is 3. The summed E-state index contributed by atoms with van der Waals surface area (Å²) in [6, 6.07) is 11.7. The minimum absolute atomic E-state index is 0.0723. The summed E-state index contributed by atoms with van der Waals surface area (Å²) < 4.78 is 0. The van der Waals surface area contributed by atoms with E-state index in [2.05, 4.69) is 35.5 Å². The van der Waals surface area contributed by atoms with Gasteiger partial charge in [0.05, 0.1) is 40.3 Å². The number of nitrogens with zero attached hydrogens (tertiary/aromatic N) is 4. The highest BCUT2D eigenvalue weighted by atomic mass is 16.2. The first-order valence-electron chi connectivity index (χ1n) is 9.94. The van der Waals surface area contributed by atoms with E-state index in [0.29, 0.717) is 11.5 Å². The number of pyridine rings is 2. The first kappa shape index (κ1) is 18.9. The zero-order chi connectivity index (χ0) is 21.6. The molecule has 31 heavy (non-hydrogen) atoms. The van der Waals surface area contributed by atoms with Gasteiger partial charge in [-0.3, -0.25) is 19.9 Å². The quantitative estimate of drug-likeness (QED) is 0.403. The van der Waals surface area contributed by atoms with Crippen molar-refractivity contribution in [1.82, 2.24) is 30.1 Å². The number of hydrogen-bond acceptors (Lipinski definition) is 5. The number of benzene rings is 1. The predicted octanol–water partition coefficient (Wildman–Crippen LogP) is 4.55. The molecule has 0 unspecified atom stereocenters. The number of aromatic nitrogens is 6. The van der Waals surface area contributed by atoms with Crippen LogP contribution in [0.5, 0.6) is 0 Å². The molecular formula is C23H21N7O. The number of hydrogen-bond donors (Lipinski definition) is 3. The number of imidazole rings is 1. The lowest BCUT2D eigenvalue weighted by molar-refractivity contribution is -0.123. The van der Waals surface area contributed by atoms with Crippen LogP contribution < -0.4 is 5.32 Å². The molecule has 1 aromatic carbocycles. The van der Waals surface area contributed by atoms with E-state index in [1.165, 1.54) is 0 Å². The molecular weight excluding hydrogens is 390 g/mol. The molecule has 5 rings (SSSR count). The van der Waals surface area contributed by atoms with Crippen molar-refractivity contribution in [2.24, 2.45) is 5.41 Å². The summed E-state index contributed by atoms with van der Waals surface area (Å²) in [7, 11) is 0. The Hall–Kier alpha value is -4.07. The molecule has 0 saturated heterocycles. The number of carbonyl (C=O) groups excluding carboxylic acids is 1. The van der Waals surface area contributed by atoms with Gasteiger partial charge in [0, 0.05) is 22.6 Å². The highest BCUT2D eigenvalue weighted by molar-refractivity contribution is 5.96. The lowest BCUT2D eigenvalue weighted by Crippen LogP contribution is -2.27. The maximum absolute atomic E-state index is 12.3.